The lowest BCUT2D eigenvalue weighted by Gasteiger charge is -2.19. The average molecular weight is 242 g/mol. The van der Waals surface area contributed by atoms with Gasteiger partial charge in [-0.1, -0.05) is 6.42 Å². The molecule has 0 saturated carbocycles. The lowest BCUT2D eigenvalue weighted by Crippen LogP contribution is -2.41. The molecule has 1 atom stereocenters. The highest BCUT2D eigenvalue weighted by Gasteiger charge is 2.18. The van der Waals surface area contributed by atoms with Gasteiger partial charge in [-0.2, -0.15) is 0 Å². The van der Waals surface area contributed by atoms with Crippen LogP contribution < -0.4 is 5.32 Å². The molecule has 0 radical (unpaired) electrons. The Hall–Kier alpha value is -1.10. The summed E-state index contributed by atoms with van der Waals surface area (Å²) in [5.41, 5.74) is 0. The quantitative estimate of drug-likeness (QED) is 0.727. The van der Waals surface area contributed by atoms with Crippen LogP contribution in [0.15, 0.2) is 0 Å². The first kappa shape index (κ1) is 14.0. The third-order valence-corrected chi connectivity index (χ3v) is 2.89. The van der Waals surface area contributed by atoms with Crippen molar-refractivity contribution in [3.8, 4) is 0 Å². The predicted molar refractivity (Wildman–Crippen MR) is 64.4 cm³/mol. The van der Waals surface area contributed by atoms with Gasteiger partial charge in [-0.25, -0.2) is 0 Å². The lowest BCUT2D eigenvalue weighted by molar-refractivity contribution is -0.135. The van der Waals surface area contributed by atoms with Gasteiger partial charge >= 0.3 is 0 Å². The highest BCUT2D eigenvalue weighted by Crippen LogP contribution is 2.10. The number of aliphatic hydroxyl groups excluding tert-OH is 1. The van der Waals surface area contributed by atoms with Crippen LogP contribution in [0, 0.1) is 0 Å². The van der Waals surface area contributed by atoms with Gasteiger partial charge in [0.1, 0.15) is 0 Å². The molecule has 0 aromatic rings. The Morgan fingerprint density at radius 2 is 2.24 bits per heavy atom. The van der Waals surface area contributed by atoms with Gasteiger partial charge in [-0.3, -0.25) is 9.59 Å². The Labute approximate surface area is 102 Å². The van der Waals surface area contributed by atoms with Crippen molar-refractivity contribution in [2.45, 2.75) is 45.1 Å². The smallest absolute Gasteiger partial charge is 0.239 e. The summed E-state index contributed by atoms with van der Waals surface area (Å²) in [5.74, 6) is -0.0610. The highest BCUT2D eigenvalue weighted by molar-refractivity contribution is 5.84. The SMILES string of the molecule is CC(O)CCNC(=O)CN1CCCCCC1=O. The molecule has 98 valence electrons. The fraction of sp³-hybridized carbons (Fsp3) is 0.833. The van der Waals surface area contributed by atoms with Crippen molar-refractivity contribution in [1.82, 2.24) is 10.2 Å². The summed E-state index contributed by atoms with van der Waals surface area (Å²) in [5, 5.41) is 11.8. The summed E-state index contributed by atoms with van der Waals surface area (Å²) in [7, 11) is 0. The summed E-state index contributed by atoms with van der Waals surface area (Å²) in [4.78, 5) is 24.8. The molecule has 17 heavy (non-hydrogen) atoms. The van der Waals surface area contributed by atoms with Gasteiger partial charge in [0.25, 0.3) is 0 Å². The number of hydrogen-bond acceptors (Lipinski definition) is 3. The molecule has 1 saturated heterocycles. The van der Waals surface area contributed by atoms with Gasteiger partial charge < -0.3 is 15.3 Å². The van der Waals surface area contributed by atoms with E-state index in [1.54, 1.807) is 11.8 Å². The van der Waals surface area contributed by atoms with E-state index in [0.717, 1.165) is 19.3 Å². The molecule has 1 heterocycles. The van der Waals surface area contributed by atoms with E-state index < -0.39 is 6.10 Å². The van der Waals surface area contributed by atoms with Gasteiger partial charge in [0.2, 0.25) is 11.8 Å². The Morgan fingerprint density at radius 3 is 2.94 bits per heavy atom. The molecule has 0 bridgehead atoms. The maximum Gasteiger partial charge on any atom is 0.239 e. The van der Waals surface area contributed by atoms with E-state index in [1.165, 1.54) is 0 Å². The zero-order chi connectivity index (χ0) is 12.7. The molecule has 0 aliphatic carbocycles. The van der Waals surface area contributed by atoms with E-state index in [2.05, 4.69) is 5.32 Å². The fourth-order valence-electron chi connectivity index (χ4n) is 1.86. The summed E-state index contributed by atoms with van der Waals surface area (Å²) in [6, 6.07) is 0. The van der Waals surface area contributed by atoms with Crippen molar-refractivity contribution in [3.05, 3.63) is 0 Å². The normalized spacial score (nSPS) is 18.7. The van der Waals surface area contributed by atoms with Crippen molar-refractivity contribution in [1.29, 1.82) is 0 Å². The van der Waals surface area contributed by atoms with E-state index in [0.29, 0.717) is 25.9 Å². The number of amides is 2. The van der Waals surface area contributed by atoms with E-state index in [9.17, 15) is 9.59 Å². The minimum Gasteiger partial charge on any atom is -0.393 e. The zero-order valence-electron chi connectivity index (χ0n) is 10.4. The summed E-state index contributed by atoms with van der Waals surface area (Å²) in [6.45, 7) is 2.98. The monoisotopic (exact) mass is 242 g/mol. The predicted octanol–water partition coefficient (Wildman–Crippen LogP) is 0.276. The molecule has 1 rings (SSSR count). The molecule has 1 aliphatic heterocycles. The summed E-state index contributed by atoms with van der Waals surface area (Å²) >= 11 is 0. The molecule has 0 aromatic heterocycles. The molecule has 0 aromatic carbocycles. The van der Waals surface area contributed by atoms with Crippen LogP contribution in [0.25, 0.3) is 0 Å². The summed E-state index contributed by atoms with van der Waals surface area (Å²) < 4.78 is 0. The molecule has 1 aliphatic rings. The van der Waals surface area contributed by atoms with Crippen LogP contribution in [0.5, 0.6) is 0 Å². The maximum absolute atomic E-state index is 11.6. The largest absolute Gasteiger partial charge is 0.393 e. The first-order valence-electron chi connectivity index (χ1n) is 6.32. The number of carbonyl (C=O) groups is 2. The van der Waals surface area contributed by atoms with E-state index in [1.807, 2.05) is 0 Å². The molecule has 1 unspecified atom stereocenters. The topological polar surface area (TPSA) is 69.6 Å². The fourth-order valence-corrected chi connectivity index (χ4v) is 1.86. The minimum absolute atomic E-state index is 0.0770. The third-order valence-electron chi connectivity index (χ3n) is 2.89. The molecular formula is C12H22N2O3. The number of hydrogen-bond donors (Lipinski definition) is 2. The number of nitrogens with zero attached hydrogens (tertiary/aromatic N) is 1. The standard InChI is InChI=1S/C12H22N2O3/c1-10(15)6-7-13-11(16)9-14-8-4-2-3-5-12(14)17/h10,15H,2-9H2,1H3,(H,13,16). The molecule has 1 fully saturated rings. The average Bonchev–Trinajstić information content (AvgIpc) is 2.44. The lowest BCUT2D eigenvalue weighted by atomic mass is 10.2. The number of carbonyl (C=O) groups excluding carboxylic acids is 2. The first-order chi connectivity index (χ1) is 8.09. The van der Waals surface area contributed by atoms with Crippen LogP contribution in [-0.4, -0.2) is 47.6 Å². The second-order valence-electron chi connectivity index (χ2n) is 4.61. The molecule has 2 N–H and O–H groups in total. The van der Waals surface area contributed by atoms with Crippen molar-refractivity contribution in [3.63, 3.8) is 0 Å². The van der Waals surface area contributed by atoms with Gasteiger partial charge in [-0.15, -0.1) is 0 Å². The molecule has 5 nitrogen and oxygen atoms in total. The van der Waals surface area contributed by atoms with Crippen LogP contribution in [-0.2, 0) is 9.59 Å². The van der Waals surface area contributed by atoms with Crippen LogP contribution in [0.2, 0.25) is 0 Å². The van der Waals surface area contributed by atoms with Crippen molar-refractivity contribution in [2.24, 2.45) is 0 Å². The van der Waals surface area contributed by atoms with Crippen molar-refractivity contribution in [2.75, 3.05) is 19.6 Å². The maximum atomic E-state index is 11.6. The first-order valence-corrected chi connectivity index (χ1v) is 6.32. The van der Waals surface area contributed by atoms with E-state index in [-0.39, 0.29) is 18.4 Å². The number of rotatable bonds is 5. The molecular weight excluding hydrogens is 220 g/mol. The Bertz CT molecular complexity index is 266. The van der Waals surface area contributed by atoms with Crippen LogP contribution in [0.4, 0.5) is 0 Å². The van der Waals surface area contributed by atoms with Gasteiger partial charge in [0.15, 0.2) is 0 Å². The number of likely N-dealkylation sites (tertiary alicyclic amines) is 1. The van der Waals surface area contributed by atoms with Crippen LogP contribution >= 0.6 is 0 Å². The highest BCUT2D eigenvalue weighted by atomic mass is 16.3. The Balaban J connectivity index is 2.26. The number of nitrogens with one attached hydrogen (secondary N) is 1. The Morgan fingerprint density at radius 1 is 1.47 bits per heavy atom. The molecule has 5 heteroatoms. The molecule has 0 spiro atoms. The second-order valence-corrected chi connectivity index (χ2v) is 4.61. The molecule has 2 amide bonds. The second kappa shape index (κ2) is 7.27. The van der Waals surface area contributed by atoms with Crippen LogP contribution in [0.1, 0.15) is 39.0 Å². The van der Waals surface area contributed by atoms with E-state index >= 15 is 0 Å². The van der Waals surface area contributed by atoms with Crippen LogP contribution in [0.3, 0.4) is 0 Å². The van der Waals surface area contributed by atoms with Crippen molar-refractivity contribution >= 4 is 11.8 Å². The minimum atomic E-state index is -0.407. The summed E-state index contributed by atoms with van der Waals surface area (Å²) in [6.07, 6.45) is 3.66. The van der Waals surface area contributed by atoms with Crippen molar-refractivity contribution < 1.29 is 14.7 Å². The van der Waals surface area contributed by atoms with Gasteiger partial charge in [0.05, 0.1) is 12.6 Å². The third kappa shape index (κ3) is 5.68. The number of aliphatic hydroxyl groups is 1. The van der Waals surface area contributed by atoms with E-state index in [4.69, 9.17) is 5.11 Å². The zero-order valence-corrected chi connectivity index (χ0v) is 10.4. The van der Waals surface area contributed by atoms with Gasteiger partial charge in [0, 0.05) is 19.5 Å². The van der Waals surface area contributed by atoms with Gasteiger partial charge in [-0.05, 0) is 26.2 Å². The Kier molecular flexibility index (Phi) is 5.97.